The molecule has 3 N–H and O–H groups in total. The number of aliphatic hydroxyl groups is 1. The van der Waals surface area contributed by atoms with Gasteiger partial charge in [0.05, 0.1) is 12.0 Å². The number of carbonyl (C=O) groups is 3. The van der Waals surface area contributed by atoms with E-state index in [2.05, 4.69) is 5.32 Å². The van der Waals surface area contributed by atoms with Crippen LogP contribution in [0.1, 0.15) is 36.8 Å². The van der Waals surface area contributed by atoms with Gasteiger partial charge in [0.25, 0.3) is 0 Å². The number of aliphatic carboxylic acids is 1. The Morgan fingerprint density at radius 1 is 1.12 bits per heavy atom. The van der Waals surface area contributed by atoms with Crippen LogP contribution in [0.15, 0.2) is 48.5 Å². The Hall–Kier alpha value is -3.39. The summed E-state index contributed by atoms with van der Waals surface area (Å²) < 4.78 is 5.44. The molecule has 1 fully saturated rings. The maximum Gasteiger partial charge on any atom is 0.407 e. The number of fused-ring (bicyclic) bond motifs is 3. The number of hydrogen-bond acceptors (Lipinski definition) is 5. The summed E-state index contributed by atoms with van der Waals surface area (Å²) in [6, 6.07) is 14.6. The summed E-state index contributed by atoms with van der Waals surface area (Å²) in [4.78, 5) is 37.9. The highest BCUT2D eigenvalue weighted by atomic mass is 16.5. The van der Waals surface area contributed by atoms with Gasteiger partial charge in [-0.3, -0.25) is 9.59 Å². The van der Waals surface area contributed by atoms with E-state index in [9.17, 15) is 24.6 Å². The smallest absolute Gasteiger partial charge is 0.407 e. The average Bonchev–Trinajstić information content (AvgIpc) is 3.28. The van der Waals surface area contributed by atoms with Crippen molar-refractivity contribution in [2.45, 2.75) is 37.3 Å². The van der Waals surface area contributed by atoms with Crippen molar-refractivity contribution in [1.82, 2.24) is 10.2 Å². The number of nitrogens with one attached hydrogen (secondary N) is 1. The summed E-state index contributed by atoms with van der Waals surface area (Å²) in [5.74, 6) is -1.90. The average molecular weight is 438 g/mol. The Bertz CT molecular complexity index is 1000. The zero-order valence-electron chi connectivity index (χ0n) is 17.8. The van der Waals surface area contributed by atoms with Gasteiger partial charge >= 0.3 is 12.1 Å². The van der Waals surface area contributed by atoms with E-state index in [1.807, 2.05) is 48.5 Å². The molecule has 4 rings (SSSR count). The maximum atomic E-state index is 12.8. The second kappa shape index (κ2) is 8.63. The van der Waals surface area contributed by atoms with Gasteiger partial charge in [-0.25, -0.2) is 4.79 Å². The highest BCUT2D eigenvalue weighted by Gasteiger charge is 2.38. The van der Waals surface area contributed by atoms with Crippen LogP contribution in [0, 0.1) is 0 Å². The van der Waals surface area contributed by atoms with Crippen LogP contribution in [-0.4, -0.2) is 64.4 Å². The molecule has 8 heteroatoms. The number of benzene rings is 2. The van der Waals surface area contributed by atoms with Crippen LogP contribution in [-0.2, 0) is 14.3 Å². The zero-order chi connectivity index (χ0) is 22.9. The van der Waals surface area contributed by atoms with Crippen LogP contribution >= 0.6 is 0 Å². The minimum absolute atomic E-state index is 0.0618. The summed E-state index contributed by atoms with van der Waals surface area (Å²) in [6.45, 7) is 2.07. The van der Waals surface area contributed by atoms with E-state index in [1.165, 1.54) is 4.90 Å². The van der Waals surface area contributed by atoms with Crippen molar-refractivity contribution in [3.05, 3.63) is 59.7 Å². The minimum atomic E-state index is -1.27. The lowest BCUT2D eigenvalue weighted by Gasteiger charge is -2.24. The van der Waals surface area contributed by atoms with Crippen molar-refractivity contribution in [2.24, 2.45) is 0 Å². The molecule has 1 aliphatic heterocycles. The molecule has 1 aliphatic carbocycles. The lowest BCUT2D eigenvalue weighted by atomic mass is 9.98. The molecule has 2 unspecified atom stereocenters. The Morgan fingerprint density at radius 3 is 2.25 bits per heavy atom. The van der Waals surface area contributed by atoms with E-state index >= 15 is 0 Å². The van der Waals surface area contributed by atoms with Crippen LogP contribution in [0.2, 0.25) is 0 Å². The Morgan fingerprint density at radius 2 is 1.72 bits per heavy atom. The fraction of sp³-hybridized carbons (Fsp3) is 0.375. The summed E-state index contributed by atoms with van der Waals surface area (Å²) in [5.41, 5.74) is 3.28. The number of carboxylic acid groups (broad SMARTS) is 1. The first-order chi connectivity index (χ1) is 15.2. The van der Waals surface area contributed by atoms with E-state index in [0.29, 0.717) is 13.0 Å². The summed E-state index contributed by atoms with van der Waals surface area (Å²) in [5, 5.41) is 21.7. The zero-order valence-corrected chi connectivity index (χ0v) is 17.8. The van der Waals surface area contributed by atoms with Crippen LogP contribution in [0.25, 0.3) is 11.1 Å². The van der Waals surface area contributed by atoms with Crippen LogP contribution in [0.4, 0.5) is 4.79 Å². The Kier molecular flexibility index (Phi) is 5.88. The number of rotatable bonds is 6. The first kappa shape index (κ1) is 21.8. The molecule has 2 amide bonds. The van der Waals surface area contributed by atoms with Gasteiger partial charge < -0.3 is 25.2 Å². The highest BCUT2D eigenvalue weighted by molar-refractivity contribution is 5.89. The van der Waals surface area contributed by atoms with Crippen molar-refractivity contribution >= 4 is 18.0 Å². The first-order valence-electron chi connectivity index (χ1n) is 10.6. The first-order valence-corrected chi connectivity index (χ1v) is 10.6. The van der Waals surface area contributed by atoms with Crippen molar-refractivity contribution in [2.75, 3.05) is 19.7 Å². The number of carbonyl (C=O) groups excluding carboxylic acids is 2. The molecular weight excluding hydrogens is 412 g/mol. The quantitative estimate of drug-likeness (QED) is 0.638. The molecule has 2 aromatic carbocycles. The topological polar surface area (TPSA) is 116 Å². The molecule has 0 aromatic heterocycles. The lowest BCUT2D eigenvalue weighted by Crippen LogP contribution is -2.50. The monoisotopic (exact) mass is 438 g/mol. The SMILES string of the molecule is CC1(O)CCN(C(=O)C(CC(=O)O)NC(=O)OCC2c3ccccc3-c3ccccc32)C1. The van der Waals surface area contributed by atoms with Crippen molar-refractivity contribution in [3.63, 3.8) is 0 Å². The minimum Gasteiger partial charge on any atom is -0.481 e. The van der Waals surface area contributed by atoms with E-state index in [1.54, 1.807) is 6.92 Å². The lowest BCUT2D eigenvalue weighted by molar-refractivity contribution is -0.142. The number of hydrogen-bond donors (Lipinski definition) is 3. The van der Waals surface area contributed by atoms with Gasteiger partial charge in [-0.1, -0.05) is 48.5 Å². The predicted molar refractivity (Wildman–Crippen MR) is 116 cm³/mol. The molecule has 2 aliphatic rings. The molecule has 0 spiro atoms. The number of likely N-dealkylation sites (tertiary alicyclic amines) is 1. The van der Waals surface area contributed by atoms with Crippen molar-refractivity contribution in [3.8, 4) is 11.1 Å². The van der Waals surface area contributed by atoms with Gasteiger partial charge in [0.2, 0.25) is 5.91 Å². The third kappa shape index (κ3) is 4.45. The van der Waals surface area contributed by atoms with Gasteiger partial charge in [-0.05, 0) is 35.6 Å². The summed E-state index contributed by atoms with van der Waals surface area (Å²) >= 11 is 0. The maximum absolute atomic E-state index is 12.8. The molecule has 1 saturated heterocycles. The van der Waals surface area contributed by atoms with Crippen molar-refractivity contribution < 1.29 is 29.3 Å². The van der Waals surface area contributed by atoms with Crippen LogP contribution in [0.3, 0.4) is 0 Å². The van der Waals surface area contributed by atoms with E-state index in [-0.39, 0.29) is 19.1 Å². The fourth-order valence-corrected chi connectivity index (χ4v) is 4.51. The van der Waals surface area contributed by atoms with Crippen molar-refractivity contribution in [1.29, 1.82) is 0 Å². The number of amides is 2. The molecule has 32 heavy (non-hydrogen) atoms. The van der Waals surface area contributed by atoms with Gasteiger partial charge in [0.1, 0.15) is 12.6 Å². The molecule has 2 aromatic rings. The predicted octanol–water partition coefficient (Wildman–Crippen LogP) is 2.35. The number of β-amino-alcohol motifs (C(OH)–C–C–N with tert-alkyl or cyclic N) is 1. The molecule has 0 saturated carbocycles. The standard InChI is InChI=1S/C24H26N2O6/c1-24(31)10-11-26(14-24)22(29)20(12-21(27)28)25-23(30)32-13-19-17-8-4-2-6-15(17)16-7-3-5-9-18(16)19/h2-9,19-20,31H,10-14H2,1H3,(H,25,30)(H,27,28). The van der Waals surface area contributed by atoms with E-state index in [0.717, 1.165) is 22.3 Å². The number of carboxylic acids is 1. The second-order valence-electron chi connectivity index (χ2n) is 8.63. The Labute approximate surface area is 185 Å². The second-order valence-corrected chi connectivity index (χ2v) is 8.63. The van der Waals surface area contributed by atoms with Gasteiger partial charge in [-0.2, -0.15) is 0 Å². The van der Waals surface area contributed by atoms with E-state index in [4.69, 9.17) is 4.74 Å². The highest BCUT2D eigenvalue weighted by Crippen LogP contribution is 2.44. The molecular formula is C24H26N2O6. The molecule has 0 bridgehead atoms. The van der Waals surface area contributed by atoms with Gasteiger partial charge in [0, 0.05) is 19.0 Å². The number of ether oxygens (including phenoxy) is 1. The fourth-order valence-electron chi connectivity index (χ4n) is 4.51. The third-order valence-corrected chi connectivity index (χ3v) is 6.08. The number of nitrogens with zero attached hydrogens (tertiary/aromatic N) is 1. The van der Waals surface area contributed by atoms with Gasteiger partial charge in [-0.15, -0.1) is 0 Å². The largest absolute Gasteiger partial charge is 0.481 e. The van der Waals surface area contributed by atoms with Gasteiger partial charge in [0.15, 0.2) is 0 Å². The summed E-state index contributed by atoms with van der Waals surface area (Å²) in [6.07, 6.45) is -1.03. The summed E-state index contributed by atoms with van der Waals surface area (Å²) in [7, 11) is 0. The van der Waals surface area contributed by atoms with Crippen LogP contribution in [0.5, 0.6) is 0 Å². The van der Waals surface area contributed by atoms with Crippen LogP contribution < -0.4 is 5.32 Å². The van der Waals surface area contributed by atoms with E-state index < -0.39 is 36.0 Å². The Balaban J connectivity index is 1.43. The molecule has 168 valence electrons. The normalized spacial score (nSPS) is 20.4. The molecule has 0 radical (unpaired) electrons. The molecule has 2 atom stereocenters. The molecule has 1 heterocycles. The molecule has 8 nitrogen and oxygen atoms in total. The third-order valence-electron chi connectivity index (χ3n) is 6.08. The number of alkyl carbamates (subject to hydrolysis) is 1.